The van der Waals surface area contributed by atoms with Gasteiger partial charge in [-0.25, -0.2) is 4.68 Å². The van der Waals surface area contributed by atoms with Crippen LogP contribution < -0.4 is 0 Å². The number of hydrogen-bond donors (Lipinski definition) is 1. The van der Waals surface area contributed by atoms with E-state index in [1.165, 1.54) is 5.56 Å². The first kappa shape index (κ1) is 21.6. The third kappa shape index (κ3) is 4.83. The Morgan fingerprint density at radius 3 is 2.17 bits per heavy atom. The molecular weight excluding hydrogens is 420 g/mol. The van der Waals surface area contributed by atoms with Crippen molar-refractivity contribution in [1.29, 1.82) is 0 Å². The van der Waals surface area contributed by atoms with E-state index in [-0.39, 0.29) is 0 Å². The fraction of sp³-hybridized carbons (Fsp3) is 0.600. The molecule has 1 N–H and O–H groups in total. The summed E-state index contributed by atoms with van der Waals surface area (Å²) in [5.74, 6) is 0.752. The fourth-order valence-electron chi connectivity index (χ4n) is 4.03. The predicted octanol–water partition coefficient (Wildman–Crippen LogP) is 2.61. The molecule has 2 fully saturated rings. The smallest absolute Gasteiger partial charge is 0.282 e. The molecule has 1 aromatic carbocycles. The van der Waals surface area contributed by atoms with E-state index in [0.717, 1.165) is 37.1 Å². The quantitative estimate of drug-likeness (QED) is 0.709. The van der Waals surface area contributed by atoms with Gasteiger partial charge in [0.2, 0.25) is 4.77 Å². The Balaban J connectivity index is 1.37. The number of rotatable bonds is 5. The summed E-state index contributed by atoms with van der Waals surface area (Å²) in [6.07, 6.45) is 4.16. The van der Waals surface area contributed by atoms with Gasteiger partial charge in [-0.2, -0.15) is 22.0 Å². The molecule has 164 valence electrons. The first-order chi connectivity index (χ1) is 14.4. The van der Waals surface area contributed by atoms with Crippen LogP contribution in [0.25, 0.3) is 11.4 Å². The van der Waals surface area contributed by atoms with E-state index in [1.807, 2.05) is 16.8 Å². The SMILES string of the molecule is Cc1ccc(-c2nc(=S)n(CN3CCN(S(=O)(=O)N4CCCCCC4)CC3)[nH]2)cc1. The van der Waals surface area contributed by atoms with Gasteiger partial charge >= 0.3 is 0 Å². The Hall–Kier alpha value is -1.59. The number of nitrogens with zero attached hydrogens (tertiary/aromatic N) is 5. The number of piperazine rings is 1. The number of aromatic amines is 1. The molecule has 1 aromatic heterocycles. The van der Waals surface area contributed by atoms with Crippen molar-refractivity contribution in [2.24, 2.45) is 0 Å². The van der Waals surface area contributed by atoms with Crippen molar-refractivity contribution in [3.05, 3.63) is 34.6 Å². The standard InChI is InChI=1S/C20H30N6O2S2/c1-17-6-8-18(9-7-17)19-21-20(29)26(22-19)16-23-12-14-25(15-13-23)30(27,28)24-10-4-2-3-5-11-24/h6-9H,2-5,10-16H2,1H3,(H,21,22,29). The van der Waals surface area contributed by atoms with E-state index in [1.54, 1.807) is 8.61 Å². The third-order valence-corrected chi connectivity index (χ3v) is 8.24. The van der Waals surface area contributed by atoms with Crippen LogP contribution in [-0.4, -0.2) is 76.0 Å². The molecule has 0 aliphatic carbocycles. The van der Waals surface area contributed by atoms with Crippen LogP contribution in [0.5, 0.6) is 0 Å². The van der Waals surface area contributed by atoms with Crippen LogP contribution in [0.4, 0.5) is 0 Å². The number of aryl methyl sites for hydroxylation is 1. The van der Waals surface area contributed by atoms with Crippen LogP contribution in [0.1, 0.15) is 31.2 Å². The Bertz CT molecular complexity index is 999. The zero-order chi connectivity index (χ0) is 21.1. The lowest BCUT2D eigenvalue weighted by Gasteiger charge is -2.36. The summed E-state index contributed by atoms with van der Waals surface area (Å²) in [6, 6.07) is 8.16. The highest BCUT2D eigenvalue weighted by Crippen LogP contribution is 2.19. The van der Waals surface area contributed by atoms with Gasteiger partial charge in [0.25, 0.3) is 10.2 Å². The number of benzene rings is 1. The van der Waals surface area contributed by atoms with Crippen LogP contribution in [0.2, 0.25) is 0 Å². The number of aromatic nitrogens is 3. The maximum Gasteiger partial charge on any atom is 0.282 e. The summed E-state index contributed by atoms with van der Waals surface area (Å²) in [5, 5.41) is 3.28. The van der Waals surface area contributed by atoms with E-state index in [9.17, 15) is 8.42 Å². The average molecular weight is 451 g/mol. The Morgan fingerprint density at radius 2 is 1.53 bits per heavy atom. The second-order valence-corrected chi connectivity index (χ2v) is 10.4. The molecule has 0 bridgehead atoms. The first-order valence-corrected chi connectivity index (χ1v) is 12.5. The number of H-pyrrole nitrogens is 1. The second kappa shape index (κ2) is 9.27. The maximum atomic E-state index is 13.0. The molecule has 0 spiro atoms. The van der Waals surface area contributed by atoms with Gasteiger partial charge in [-0.05, 0) is 32.0 Å². The first-order valence-electron chi connectivity index (χ1n) is 10.6. The molecule has 0 radical (unpaired) electrons. The molecule has 8 nitrogen and oxygen atoms in total. The van der Waals surface area contributed by atoms with Crippen molar-refractivity contribution < 1.29 is 8.42 Å². The summed E-state index contributed by atoms with van der Waals surface area (Å²) in [7, 11) is -3.36. The normalized spacial score (nSPS) is 20.3. The molecule has 2 aliphatic heterocycles. The van der Waals surface area contributed by atoms with Crippen LogP contribution in [0, 0.1) is 11.7 Å². The third-order valence-electron chi connectivity index (χ3n) is 5.89. The maximum absolute atomic E-state index is 13.0. The van der Waals surface area contributed by atoms with Gasteiger partial charge in [0.05, 0.1) is 6.67 Å². The van der Waals surface area contributed by atoms with Crippen molar-refractivity contribution >= 4 is 22.4 Å². The zero-order valence-electron chi connectivity index (χ0n) is 17.5. The van der Waals surface area contributed by atoms with Gasteiger partial charge in [-0.1, -0.05) is 42.7 Å². The lowest BCUT2D eigenvalue weighted by molar-refractivity contribution is 0.140. The molecule has 0 unspecified atom stereocenters. The van der Waals surface area contributed by atoms with Crippen LogP contribution >= 0.6 is 12.2 Å². The summed E-state index contributed by atoms with van der Waals surface area (Å²) in [6.45, 7) is 6.28. The molecule has 2 aliphatic rings. The second-order valence-electron chi connectivity index (χ2n) is 8.13. The average Bonchev–Trinajstić information content (AvgIpc) is 2.94. The number of nitrogens with one attached hydrogen (secondary N) is 1. The highest BCUT2D eigenvalue weighted by Gasteiger charge is 2.32. The Kier molecular flexibility index (Phi) is 6.69. The zero-order valence-corrected chi connectivity index (χ0v) is 19.1. The minimum Gasteiger partial charge on any atom is -0.282 e. The van der Waals surface area contributed by atoms with Gasteiger partial charge in [0, 0.05) is 44.8 Å². The van der Waals surface area contributed by atoms with Crippen LogP contribution in [-0.2, 0) is 16.9 Å². The molecule has 2 saturated heterocycles. The molecule has 2 aromatic rings. The van der Waals surface area contributed by atoms with E-state index in [0.29, 0.717) is 50.7 Å². The van der Waals surface area contributed by atoms with Crippen molar-refractivity contribution in [3.63, 3.8) is 0 Å². The van der Waals surface area contributed by atoms with E-state index in [4.69, 9.17) is 12.2 Å². The molecule has 4 rings (SSSR count). The lowest BCUT2D eigenvalue weighted by Crippen LogP contribution is -2.53. The molecule has 3 heterocycles. The number of hydrogen-bond acceptors (Lipinski definition) is 5. The van der Waals surface area contributed by atoms with Crippen molar-refractivity contribution in [2.75, 3.05) is 39.3 Å². The van der Waals surface area contributed by atoms with Crippen molar-refractivity contribution in [3.8, 4) is 11.4 Å². The van der Waals surface area contributed by atoms with Crippen LogP contribution in [0.3, 0.4) is 0 Å². The molecule has 30 heavy (non-hydrogen) atoms. The monoisotopic (exact) mass is 450 g/mol. The Labute approximate surface area is 183 Å². The lowest BCUT2D eigenvalue weighted by atomic mass is 10.1. The van der Waals surface area contributed by atoms with Crippen LogP contribution in [0.15, 0.2) is 24.3 Å². The van der Waals surface area contributed by atoms with E-state index in [2.05, 4.69) is 34.0 Å². The van der Waals surface area contributed by atoms with Gasteiger partial charge in [-0.3, -0.25) is 10.00 Å². The predicted molar refractivity (Wildman–Crippen MR) is 120 cm³/mol. The van der Waals surface area contributed by atoms with Gasteiger partial charge in [-0.15, -0.1) is 0 Å². The molecule has 10 heteroatoms. The van der Waals surface area contributed by atoms with Gasteiger partial charge in [0.15, 0.2) is 5.82 Å². The molecule has 0 atom stereocenters. The van der Waals surface area contributed by atoms with Gasteiger partial charge in [0.1, 0.15) is 0 Å². The Morgan fingerprint density at radius 1 is 0.933 bits per heavy atom. The summed E-state index contributed by atoms with van der Waals surface area (Å²) < 4.78 is 31.7. The minimum atomic E-state index is -3.36. The van der Waals surface area contributed by atoms with Crippen molar-refractivity contribution in [1.82, 2.24) is 28.3 Å². The summed E-state index contributed by atoms with van der Waals surface area (Å²) in [4.78, 5) is 6.69. The topological polar surface area (TPSA) is 77.5 Å². The van der Waals surface area contributed by atoms with Gasteiger partial charge < -0.3 is 0 Å². The molecular formula is C20H30N6O2S2. The van der Waals surface area contributed by atoms with Crippen molar-refractivity contribution in [2.45, 2.75) is 39.3 Å². The minimum absolute atomic E-state index is 0.505. The summed E-state index contributed by atoms with van der Waals surface area (Å²) in [5.41, 5.74) is 2.20. The molecule has 0 saturated carbocycles. The fourth-order valence-corrected chi connectivity index (χ4v) is 5.90. The summed E-state index contributed by atoms with van der Waals surface area (Å²) >= 11 is 5.43. The highest BCUT2D eigenvalue weighted by molar-refractivity contribution is 7.86. The van der Waals surface area contributed by atoms with E-state index >= 15 is 0 Å². The largest absolute Gasteiger partial charge is 0.282 e. The molecule has 0 amide bonds. The van der Waals surface area contributed by atoms with E-state index < -0.39 is 10.2 Å². The highest BCUT2D eigenvalue weighted by atomic mass is 32.2.